The van der Waals surface area contributed by atoms with E-state index < -0.39 is 0 Å². The number of carbonyl (C=O) groups excluding carboxylic acids is 1. The number of hydrogen-bond acceptors (Lipinski definition) is 2. The van der Waals surface area contributed by atoms with Crippen LogP contribution >= 0.6 is 0 Å². The van der Waals surface area contributed by atoms with Crippen LogP contribution in [0.15, 0.2) is 24.4 Å². The number of H-pyrrole nitrogens is 1. The molecule has 1 aromatic heterocycles. The molecule has 1 heterocycles. The molecule has 19 heavy (non-hydrogen) atoms. The summed E-state index contributed by atoms with van der Waals surface area (Å²) in [7, 11) is 1.65. The molecule has 1 atom stereocenters. The number of nitrogens with one attached hydrogen (secondary N) is 1. The number of carbonyl (C=O) groups is 1. The van der Waals surface area contributed by atoms with E-state index in [1.165, 1.54) is 0 Å². The van der Waals surface area contributed by atoms with E-state index in [-0.39, 0.29) is 11.8 Å². The first-order chi connectivity index (χ1) is 9.02. The van der Waals surface area contributed by atoms with E-state index >= 15 is 0 Å². The van der Waals surface area contributed by atoms with Gasteiger partial charge in [0.2, 0.25) is 5.91 Å². The van der Waals surface area contributed by atoms with Crippen molar-refractivity contribution in [1.29, 1.82) is 0 Å². The van der Waals surface area contributed by atoms with Crippen molar-refractivity contribution in [3.8, 4) is 5.75 Å². The van der Waals surface area contributed by atoms with Crippen LogP contribution in [0.4, 0.5) is 0 Å². The van der Waals surface area contributed by atoms with Crippen molar-refractivity contribution in [2.75, 3.05) is 7.11 Å². The van der Waals surface area contributed by atoms with Gasteiger partial charge in [0, 0.05) is 23.5 Å². The predicted molar refractivity (Wildman–Crippen MR) is 76.2 cm³/mol. The van der Waals surface area contributed by atoms with Gasteiger partial charge in [0.15, 0.2) is 0 Å². The van der Waals surface area contributed by atoms with Gasteiger partial charge in [-0.3, -0.25) is 4.79 Å². The lowest BCUT2D eigenvalue weighted by Gasteiger charge is -2.19. The molecule has 0 aliphatic heterocycles. The third-order valence-electron chi connectivity index (χ3n) is 3.55. The number of hydrogen-bond donors (Lipinski definition) is 2. The fraction of sp³-hybridized carbons (Fsp3) is 0.400. The van der Waals surface area contributed by atoms with Crippen LogP contribution in [0.1, 0.15) is 31.7 Å². The molecule has 0 bridgehead atoms. The Balaban J connectivity index is 2.49. The van der Waals surface area contributed by atoms with Crippen molar-refractivity contribution in [2.24, 2.45) is 11.7 Å². The summed E-state index contributed by atoms with van der Waals surface area (Å²) < 4.78 is 5.26. The molecule has 102 valence electrons. The molecule has 2 aromatic rings. The van der Waals surface area contributed by atoms with Crippen LogP contribution in [0, 0.1) is 5.92 Å². The normalized spacial score (nSPS) is 12.8. The van der Waals surface area contributed by atoms with Gasteiger partial charge in [0.25, 0.3) is 0 Å². The molecule has 0 unspecified atom stereocenters. The highest BCUT2D eigenvalue weighted by atomic mass is 16.5. The molecule has 0 aliphatic carbocycles. The van der Waals surface area contributed by atoms with Crippen molar-refractivity contribution >= 4 is 16.8 Å². The van der Waals surface area contributed by atoms with Gasteiger partial charge in [-0.25, -0.2) is 0 Å². The van der Waals surface area contributed by atoms with Gasteiger partial charge >= 0.3 is 0 Å². The van der Waals surface area contributed by atoms with E-state index in [1.54, 1.807) is 7.11 Å². The monoisotopic (exact) mass is 260 g/mol. The van der Waals surface area contributed by atoms with Crippen LogP contribution in [0.3, 0.4) is 0 Å². The van der Waals surface area contributed by atoms with Crippen molar-refractivity contribution in [3.63, 3.8) is 0 Å². The third kappa shape index (κ3) is 2.72. The van der Waals surface area contributed by atoms with Crippen molar-refractivity contribution in [3.05, 3.63) is 30.0 Å². The number of methoxy groups -OCH3 is 1. The molecule has 0 radical (unpaired) electrons. The first-order valence-corrected chi connectivity index (χ1v) is 6.46. The number of amides is 1. The second-order valence-corrected chi connectivity index (χ2v) is 5.18. The fourth-order valence-electron chi connectivity index (χ4n) is 2.48. The van der Waals surface area contributed by atoms with Gasteiger partial charge in [-0.1, -0.05) is 13.8 Å². The van der Waals surface area contributed by atoms with Crippen LogP contribution in [0.5, 0.6) is 5.75 Å². The zero-order valence-electron chi connectivity index (χ0n) is 11.6. The average Bonchev–Trinajstić information content (AvgIpc) is 2.77. The van der Waals surface area contributed by atoms with Crippen LogP contribution in [-0.2, 0) is 4.79 Å². The lowest BCUT2D eigenvalue weighted by molar-refractivity contribution is -0.118. The number of benzene rings is 1. The quantitative estimate of drug-likeness (QED) is 0.868. The summed E-state index contributed by atoms with van der Waals surface area (Å²) in [5, 5.41) is 1.10. The van der Waals surface area contributed by atoms with Gasteiger partial charge < -0.3 is 15.5 Å². The smallest absolute Gasteiger partial charge is 0.218 e. The predicted octanol–water partition coefficient (Wildman–Crippen LogP) is 2.79. The molecular weight excluding hydrogens is 240 g/mol. The number of primary amides is 1. The Labute approximate surface area is 112 Å². The zero-order valence-corrected chi connectivity index (χ0v) is 11.6. The molecule has 3 N–H and O–H groups in total. The summed E-state index contributed by atoms with van der Waals surface area (Å²) in [6.45, 7) is 4.21. The number of aromatic nitrogens is 1. The highest BCUT2D eigenvalue weighted by Gasteiger charge is 2.21. The highest BCUT2D eigenvalue weighted by Crippen LogP contribution is 2.34. The minimum atomic E-state index is -0.268. The maximum atomic E-state index is 11.3. The summed E-state index contributed by atoms with van der Waals surface area (Å²) in [5.41, 5.74) is 7.54. The van der Waals surface area contributed by atoms with Gasteiger partial charge in [0.05, 0.1) is 7.11 Å². The lowest BCUT2D eigenvalue weighted by atomic mass is 9.85. The summed E-state index contributed by atoms with van der Waals surface area (Å²) in [6, 6.07) is 5.90. The number of ether oxygens (including phenoxy) is 1. The fourth-order valence-corrected chi connectivity index (χ4v) is 2.48. The van der Waals surface area contributed by atoms with E-state index in [1.807, 2.05) is 24.4 Å². The summed E-state index contributed by atoms with van der Waals surface area (Å²) >= 11 is 0. The molecule has 0 saturated carbocycles. The summed E-state index contributed by atoms with van der Waals surface area (Å²) in [5.74, 6) is 1.02. The number of rotatable bonds is 5. The number of nitrogens with two attached hydrogens (primary N) is 1. The van der Waals surface area contributed by atoms with E-state index in [0.29, 0.717) is 12.3 Å². The Morgan fingerprint density at radius 3 is 2.74 bits per heavy atom. The summed E-state index contributed by atoms with van der Waals surface area (Å²) in [6.07, 6.45) is 2.33. The number of aromatic amines is 1. The molecule has 1 amide bonds. The standard InChI is InChI=1S/C15H20N2O2/c1-9(2)11(7-15(16)18)13-8-17-14-5-4-10(19-3)6-12(13)14/h4-6,8-9,11,17H,7H2,1-3H3,(H2,16,18)/t11-/m1/s1. The minimum absolute atomic E-state index is 0.123. The Hall–Kier alpha value is -1.97. The van der Waals surface area contributed by atoms with E-state index in [4.69, 9.17) is 10.5 Å². The van der Waals surface area contributed by atoms with E-state index in [2.05, 4.69) is 18.8 Å². The Kier molecular flexibility index (Phi) is 3.79. The largest absolute Gasteiger partial charge is 0.497 e. The summed E-state index contributed by atoms with van der Waals surface area (Å²) in [4.78, 5) is 14.5. The van der Waals surface area contributed by atoms with Gasteiger partial charge in [-0.15, -0.1) is 0 Å². The van der Waals surface area contributed by atoms with Crippen LogP contribution < -0.4 is 10.5 Å². The second kappa shape index (κ2) is 5.34. The van der Waals surface area contributed by atoms with Crippen molar-refractivity contribution < 1.29 is 9.53 Å². The van der Waals surface area contributed by atoms with Crippen molar-refractivity contribution in [1.82, 2.24) is 4.98 Å². The maximum Gasteiger partial charge on any atom is 0.218 e. The minimum Gasteiger partial charge on any atom is -0.497 e. The van der Waals surface area contributed by atoms with Gasteiger partial charge in [-0.2, -0.15) is 0 Å². The topological polar surface area (TPSA) is 68.1 Å². The molecule has 0 saturated heterocycles. The second-order valence-electron chi connectivity index (χ2n) is 5.18. The van der Waals surface area contributed by atoms with Crippen molar-refractivity contribution in [2.45, 2.75) is 26.2 Å². The molecule has 0 fully saturated rings. The average molecular weight is 260 g/mol. The molecule has 4 heteroatoms. The van der Waals surface area contributed by atoms with Crippen LogP contribution in [-0.4, -0.2) is 18.0 Å². The maximum absolute atomic E-state index is 11.3. The van der Waals surface area contributed by atoms with E-state index in [9.17, 15) is 4.79 Å². The molecule has 2 rings (SSSR count). The Bertz CT molecular complexity index is 587. The highest BCUT2D eigenvalue weighted by molar-refractivity contribution is 5.86. The molecule has 0 spiro atoms. The van der Waals surface area contributed by atoms with Crippen LogP contribution in [0.25, 0.3) is 10.9 Å². The molecule has 1 aromatic carbocycles. The first kappa shape index (κ1) is 13.5. The lowest BCUT2D eigenvalue weighted by Crippen LogP contribution is -2.18. The first-order valence-electron chi connectivity index (χ1n) is 6.46. The molecular formula is C15H20N2O2. The SMILES string of the molecule is COc1ccc2[nH]cc([C@H](CC(N)=O)C(C)C)c2c1. The number of fused-ring (bicyclic) bond motifs is 1. The third-order valence-corrected chi connectivity index (χ3v) is 3.55. The zero-order chi connectivity index (χ0) is 14.0. The van der Waals surface area contributed by atoms with Gasteiger partial charge in [-0.05, 0) is 35.6 Å². The molecule has 4 nitrogen and oxygen atoms in total. The van der Waals surface area contributed by atoms with Gasteiger partial charge in [0.1, 0.15) is 5.75 Å². The molecule has 0 aliphatic rings. The van der Waals surface area contributed by atoms with E-state index in [0.717, 1.165) is 22.2 Å². The van der Waals surface area contributed by atoms with Crippen LogP contribution in [0.2, 0.25) is 0 Å². The Morgan fingerprint density at radius 1 is 1.42 bits per heavy atom. The Morgan fingerprint density at radius 2 is 2.16 bits per heavy atom.